The molecule has 0 saturated heterocycles. The van der Waals surface area contributed by atoms with Crippen molar-refractivity contribution in [2.75, 3.05) is 12.5 Å². The molecule has 1 saturated carbocycles. The number of carbonyl (C=O) groups excluding carboxylic acids is 2. The Bertz CT molecular complexity index is 370. The van der Waals surface area contributed by atoms with Gasteiger partial charge in [0.25, 0.3) is 0 Å². The fraction of sp³-hybridized carbons (Fsp3) is 0.692. The first kappa shape index (κ1) is 11.9. The summed E-state index contributed by atoms with van der Waals surface area (Å²) < 4.78 is 0. The Morgan fingerprint density at radius 1 is 1.31 bits per heavy atom. The van der Waals surface area contributed by atoms with Crippen LogP contribution in [0.4, 0.5) is 0 Å². The van der Waals surface area contributed by atoms with E-state index in [1.807, 2.05) is 6.92 Å². The molecule has 0 amide bonds. The van der Waals surface area contributed by atoms with Gasteiger partial charge in [-0.3, -0.25) is 9.59 Å². The molecule has 3 heteroatoms. The van der Waals surface area contributed by atoms with Gasteiger partial charge in [0, 0.05) is 12.8 Å². The van der Waals surface area contributed by atoms with Crippen LogP contribution in [0.3, 0.4) is 0 Å². The SMILES string of the molecule is C[S+](C)C1CC2(C)C(=O)CCCC2=CC1=O. The van der Waals surface area contributed by atoms with Crippen LogP contribution in [-0.4, -0.2) is 29.3 Å². The maximum Gasteiger partial charge on any atom is 0.207 e. The van der Waals surface area contributed by atoms with Crippen LogP contribution >= 0.6 is 0 Å². The third kappa shape index (κ3) is 1.75. The van der Waals surface area contributed by atoms with Gasteiger partial charge in [0.1, 0.15) is 5.78 Å². The van der Waals surface area contributed by atoms with Gasteiger partial charge in [0.05, 0.1) is 17.9 Å². The second-order valence-corrected chi connectivity index (χ2v) is 7.58. The third-order valence-corrected chi connectivity index (χ3v) is 5.51. The van der Waals surface area contributed by atoms with E-state index < -0.39 is 0 Å². The minimum absolute atomic E-state index is 0.0656. The van der Waals surface area contributed by atoms with E-state index in [9.17, 15) is 9.59 Å². The van der Waals surface area contributed by atoms with Gasteiger partial charge in [-0.15, -0.1) is 0 Å². The lowest BCUT2D eigenvalue weighted by molar-refractivity contribution is -0.128. The molecule has 0 aromatic heterocycles. The molecule has 0 aromatic rings. The summed E-state index contributed by atoms with van der Waals surface area (Å²) in [7, 11) is 0.0656. The lowest BCUT2D eigenvalue weighted by atomic mass is 9.65. The van der Waals surface area contributed by atoms with E-state index in [4.69, 9.17) is 0 Å². The Morgan fingerprint density at radius 2 is 2.00 bits per heavy atom. The summed E-state index contributed by atoms with van der Waals surface area (Å²) in [5, 5.41) is 0.0656. The molecule has 0 aromatic carbocycles. The van der Waals surface area contributed by atoms with Gasteiger partial charge in [-0.05, 0) is 36.7 Å². The van der Waals surface area contributed by atoms with Crippen molar-refractivity contribution >= 4 is 22.5 Å². The van der Waals surface area contributed by atoms with Crippen molar-refractivity contribution < 1.29 is 9.59 Å². The molecule has 0 bridgehead atoms. The molecule has 0 aliphatic heterocycles. The van der Waals surface area contributed by atoms with Gasteiger partial charge >= 0.3 is 0 Å². The van der Waals surface area contributed by atoms with Gasteiger partial charge < -0.3 is 0 Å². The zero-order valence-electron chi connectivity index (χ0n) is 10.2. The van der Waals surface area contributed by atoms with Crippen LogP contribution in [-0.2, 0) is 20.5 Å². The number of Topliss-reactive ketones (excluding diaryl/α,β-unsaturated/α-hetero) is 1. The van der Waals surface area contributed by atoms with Gasteiger partial charge in [0.15, 0.2) is 5.25 Å². The molecule has 2 aliphatic rings. The van der Waals surface area contributed by atoms with E-state index in [1.165, 1.54) is 0 Å². The van der Waals surface area contributed by atoms with Gasteiger partial charge in [-0.25, -0.2) is 0 Å². The van der Waals surface area contributed by atoms with E-state index in [-0.39, 0.29) is 27.3 Å². The summed E-state index contributed by atoms with van der Waals surface area (Å²) in [6, 6.07) is 0. The van der Waals surface area contributed by atoms with Gasteiger partial charge in [-0.1, -0.05) is 5.57 Å². The molecule has 2 aliphatic carbocycles. The van der Waals surface area contributed by atoms with E-state index in [2.05, 4.69) is 12.5 Å². The topological polar surface area (TPSA) is 34.1 Å². The average molecular weight is 239 g/mol. The van der Waals surface area contributed by atoms with Crippen LogP contribution in [0.1, 0.15) is 32.6 Å². The summed E-state index contributed by atoms with van der Waals surface area (Å²) >= 11 is 0. The Balaban J connectivity index is 2.38. The minimum atomic E-state index is -0.325. The highest BCUT2D eigenvalue weighted by Crippen LogP contribution is 2.45. The number of carbonyl (C=O) groups is 2. The second-order valence-electron chi connectivity index (χ2n) is 5.25. The first-order valence-electron chi connectivity index (χ1n) is 5.80. The zero-order valence-corrected chi connectivity index (χ0v) is 11.0. The first-order valence-corrected chi connectivity index (χ1v) is 7.90. The molecule has 2 unspecified atom stereocenters. The van der Waals surface area contributed by atoms with Crippen molar-refractivity contribution in [3.8, 4) is 0 Å². The molecule has 1 fully saturated rings. The molecule has 0 spiro atoms. The molecule has 0 heterocycles. The van der Waals surface area contributed by atoms with Crippen LogP contribution in [0.5, 0.6) is 0 Å². The average Bonchev–Trinajstić information content (AvgIpc) is 2.20. The van der Waals surface area contributed by atoms with Crippen molar-refractivity contribution in [2.45, 2.75) is 37.9 Å². The second kappa shape index (κ2) is 4.02. The van der Waals surface area contributed by atoms with Crippen molar-refractivity contribution in [1.82, 2.24) is 0 Å². The molecule has 16 heavy (non-hydrogen) atoms. The zero-order chi connectivity index (χ0) is 11.9. The number of hydrogen-bond acceptors (Lipinski definition) is 2. The number of ketones is 2. The molecular weight excluding hydrogens is 220 g/mol. The maximum atomic E-state index is 12.1. The predicted octanol–water partition coefficient (Wildman–Crippen LogP) is 1.89. The lowest BCUT2D eigenvalue weighted by Crippen LogP contribution is -2.45. The molecular formula is C13H19O2S+. The fourth-order valence-corrected chi connectivity index (χ4v) is 3.98. The van der Waals surface area contributed by atoms with Crippen molar-refractivity contribution in [2.24, 2.45) is 5.41 Å². The Hall–Kier alpha value is -0.570. The number of rotatable bonds is 1. The summed E-state index contributed by atoms with van der Waals surface area (Å²) in [6.07, 6.45) is 9.25. The monoisotopic (exact) mass is 239 g/mol. The van der Waals surface area contributed by atoms with Crippen LogP contribution in [0, 0.1) is 5.41 Å². The lowest BCUT2D eigenvalue weighted by Gasteiger charge is -2.39. The van der Waals surface area contributed by atoms with E-state index in [1.54, 1.807) is 6.08 Å². The molecule has 0 N–H and O–H groups in total. The maximum absolute atomic E-state index is 12.1. The first-order chi connectivity index (χ1) is 7.45. The largest absolute Gasteiger partial charge is 0.299 e. The van der Waals surface area contributed by atoms with Crippen molar-refractivity contribution in [1.29, 1.82) is 0 Å². The quantitative estimate of drug-likeness (QED) is 0.655. The highest BCUT2D eigenvalue weighted by atomic mass is 32.2. The fourth-order valence-electron chi connectivity index (χ4n) is 2.78. The highest BCUT2D eigenvalue weighted by molar-refractivity contribution is 7.96. The summed E-state index contributed by atoms with van der Waals surface area (Å²) in [5.74, 6) is 0.587. The summed E-state index contributed by atoms with van der Waals surface area (Å²) in [6.45, 7) is 2.03. The normalized spacial score (nSPS) is 35.0. The molecule has 2 atom stereocenters. The Labute approximate surface area is 99.8 Å². The van der Waals surface area contributed by atoms with Gasteiger partial charge in [-0.2, -0.15) is 0 Å². The number of fused-ring (bicyclic) bond motifs is 1. The van der Waals surface area contributed by atoms with E-state index >= 15 is 0 Å². The molecule has 88 valence electrons. The number of allylic oxidation sites excluding steroid dienone is 2. The number of hydrogen-bond donors (Lipinski definition) is 0. The molecule has 2 nitrogen and oxygen atoms in total. The Kier molecular flexibility index (Phi) is 2.99. The van der Waals surface area contributed by atoms with Crippen molar-refractivity contribution in [3.05, 3.63) is 11.6 Å². The minimum Gasteiger partial charge on any atom is -0.299 e. The van der Waals surface area contributed by atoms with Crippen LogP contribution in [0.15, 0.2) is 11.6 Å². The smallest absolute Gasteiger partial charge is 0.207 e. The standard InChI is InChI=1S/C13H19O2S/c1-13-8-11(16(2)3)10(14)7-9(13)5-4-6-12(13)15/h7,11H,4-6,8H2,1-3H3/q+1. The van der Waals surface area contributed by atoms with E-state index in [0.717, 1.165) is 24.8 Å². The van der Waals surface area contributed by atoms with Crippen LogP contribution in [0.25, 0.3) is 0 Å². The predicted molar refractivity (Wildman–Crippen MR) is 67.7 cm³/mol. The molecule has 0 radical (unpaired) electrons. The van der Waals surface area contributed by atoms with Crippen molar-refractivity contribution in [3.63, 3.8) is 0 Å². The third-order valence-electron chi connectivity index (χ3n) is 3.97. The van der Waals surface area contributed by atoms with E-state index in [0.29, 0.717) is 12.2 Å². The Morgan fingerprint density at radius 3 is 2.62 bits per heavy atom. The van der Waals surface area contributed by atoms with Crippen LogP contribution < -0.4 is 0 Å². The highest BCUT2D eigenvalue weighted by Gasteiger charge is 2.48. The molecule has 2 rings (SSSR count). The summed E-state index contributed by atoms with van der Waals surface area (Å²) in [5.41, 5.74) is 0.768. The summed E-state index contributed by atoms with van der Waals surface area (Å²) in [4.78, 5) is 24.0. The van der Waals surface area contributed by atoms with Crippen LogP contribution in [0.2, 0.25) is 0 Å². The van der Waals surface area contributed by atoms with Gasteiger partial charge in [0.2, 0.25) is 5.78 Å².